The third kappa shape index (κ3) is 3.15. The minimum absolute atomic E-state index is 0.0301. The van der Waals surface area contributed by atoms with Crippen LogP contribution >= 0.6 is 0 Å². The Hall–Kier alpha value is -0.163. The molecule has 0 aromatic carbocycles. The van der Waals surface area contributed by atoms with Crippen LogP contribution < -0.4 is 0 Å². The molecule has 0 aromatic heterocycles. The Balaban J connectivity index is 2.38. The molecule has 24 heavy (non-hydrogen) atoms. The van der Waals surface area contributed by atoms with E-state index in [2.05, 4.69) is 47.4 Å². The van der Waals surface area contributed by atoms with E-state index < -0.39 is 8.32 Å². The van der Waals surface area contributed by atoms with Crippen molar-refractivity contribution in [3.8, 4) is 0 Å². The summed E-state index contributed by atoms with van der Waals surface area (Å²) < 4.78 is 18.5. The maximum atomic E-state index is 6.90. The molecular formula is C20H38O3Si. The SMILES string of the molecule is C=C(C)[C@H]1[C@H](O[Si](C)(C)C(C)(C)C)C[C@H]2CCC[C@]21C(OC)OC. The number of methoxy groups -OCH3 is 2. The molecule has 0 N–H and O–H groups in total. The number of fused-ring (bicyclic) bond motifs is 1. The highest BCUT2D eigenvalue weighted by Gasteiger charge is 2.62. The van der Waals surface area contributed by atoms with E-state index in [0.717, 1.165) is 12.8 Å². The summed E-state index contributed by atoms with van der Waals surface area (Å²) >= 11 is 0. The van der Waals surface area contributed by atoms with Crippen molar-refractivity contribution in [1.29, 1.82) is 0 Å². The average molecular weight is 355 g/mol. The van der Waals surface area contributed by atoms with Crippen LogP contribution in [0.15, 0.2) is 12.2 Å². The molecule has 2 fully saturated rings. The van der Waals surface area contributed by atoms with Crippen LogP contribution in [0.5, 0.6) is 0 Å². The van der Waals surface area contributed by atoms with Gasteiger partial charge < -0.3 is 13.9 Å². The first-order valence-electron chi connectivity index (χ1n) is 9.40. The zero-order chi connectivity index (χ0) is 18.3. The van der Waals surface area contributed by atoms with Crippen molar-refractivity contribution >= 4 is 8.32 Å². The summed E-state index contributed by atoms with van der Waals surface area (Å²) in [5.74, 6) is 0.933. The number of hydrogen-bond acceptors (Lipinski definition) is 3. The molecule has 0 bridgehead atoms. The van der Waals surface area contributed by atoms with Crippen LogP contribution in [0.3, 0.4) is 0 Å². The molecule has 0 amide bonds. The largest absolute Gasteiger partial charge is 0.413 e. The zero-order valence-corrected chi connectivity index (χ0v) is 18.1. The van der Waals surface area contributed by atoms with Gasteiger partial charge in [0.05, 0.1) is 6.10 Å². The summed E-state index contributed by atoms with van der Waals surface area (Å²) in [4.78, 5) is 0. The van der Waals surface area contributed by atoms with Crippen molar-refractivity contribution in [3.63, 3.8) is 0 Å². The molecule has 0 radical (unpaired) electrons. The maximum absolute atomic E-state index is 6.90. The van der Waals surface area contributed by atoms with E-state index in [1.807, 2.05) is 0 Å². The van der Waals surface area contributed by atoms with Gasteiger partial charge in [-0.1, -0.05) is 39.3 Å². The fourth-order valence-electron chi connectivity index (χ4n) is 5.08. The third-order valence-electron chi connectivity index (χ3n) is 7.04. The van der Waals surface area contributed by atoms with Crippen LogP contribution in [0.1, 0.15) is 53.4 Å². The van der Waals surface area contributed by atoms with E-state index in [4.69, 9.17) is 13.9 Å². The van der Waals surface area contributed by atoms with Crippen molar-refractivity contribution in [1.82, 2.24) is 0 Å². The molecule has 0 spiro atoms. The summed E-state index contributed by atoms with van der Waals surface area (Å²) in [5.41, 5.74) is 1.25. The molecule has 4 atom stereocenters. The Morgan fingerprint density at radius 1 is 1.21 bits per heavy atom. The lowest BCUT2D eigenvalue weighted by Crippen LogP contribution is -2.49. The van der Waals surface area contributed by atoms with Crippen LogP contribution in [0, 0.1) is 17.3 Å². The summed E-state index contributed by atoms with van der Waals surface area (Å²) in [5, 5.41) is 0.222. The summed E-state index contributed by atoms with van der Waals surface area (Å²) in [6.45, 7) is 18.2. The molecule has 3 nitrogen and oxygen atoms in total. The van der Waals surface area contributed by atoms with Gasteiger partial charge in [0.25, 0.3) is 0 Å². The summed E-state index contributed by atoms with van der Waals surface area (Å²) in [6, 6.07) is 0. The molecule has 2 aliphatic rings. The lowest BCUT2D eigenvalue weighted by molar-refractivity contribution is -0.197. The van der Waals surface area contributed by atoms with E-state index in [1.54, 1.807) is 14.2 Å². The Labute approximate surface area is 150 Å². The van der Waals surface area contributed by atoms with Crippen LogP contribution in [0.25, 0.3) is 0 Å². The fraction of sp³-hybridized carbons (Fsp3) is 0.900. The van der Waals surface area contributed by atoms with Crippen LogP contribution in [-0.2, 0) is 13.9 Å². The van der Waals surface area contributed by atoms with Crippen molar-refractivity contribution in [2.45, 2.75) is 83.9 Å². The Morgan fingerprint density at radius 3 is 2.25 bits per heavy atom. The molecule has 0 heterocycles. The molecule has 0 aliphatic heterocycles. The molecule has 4 heteroatoms. The van der Waals surface area contributed by atoms with E-state index in [0.29, 0.717) is 11.8 Å². The van der Waals surface area contributed by atoms with Gasteiger partial charge in [0, 0.05) is 25.6 Å². The first kappa shape index (κ1) is 20.2. The summed E-state index contributed by atoms with van der Waals surface area (Å²) in [6.07, 6.45) is 4.86. The van der Waals surface area contributed by atoms with E-state index in [1.165, 1.54) is 18.4 Å². The van der Waals surface area contributed by atoms with Crippen LogP contribution in [0.2, 0.25) is 18.1 Å². The molecule has 140 valence electrons. The first-order valence-corrected chi connectivity index (χ1v) is 12.3. The average Bonchev–Trinajstić information content (AvgIpc) is 2.93. The molecule has 0 unspecified atom stereocenters. The number of rotatable bonds is 6. The first-order chi connectivity index (χ1) is 11.0. The van der Waals surface area contributed by atoms with Gasteiger partial charge in [0.2, 0.25) is 0 Å². The summed E-state index contributed by atoms with van der Waals surface area (Å²) in [7, 11) is 1.73. The standard InChI is InChI=1S/C20H38O3Si/c1-14(2)17-16(23-24(8,9)19(3,4)5)13-15-11-10-12-20(15,17)18(21-6)22-7/h15-18H,1,10-13H2,2-9H3/t15-,16-,17+,20+/m1/s1. The van der Waals surface area contributed by atoms with Gasteiger partial charge in [-0.05, 0) is 50.2 Å². The minimum Gasteiger partial charge on any atom is -0.413 e. The van der Waals surface area contributed by atoms with Gasteiger partial charge in [0.15, 0.2) is 14.6 Å². The van der Waals surface area contributed by atoms with Gasteiger partial charge in [-0.15, -0.1) is 0 Å². The Bertz CT molecular complexity index is 464. The third-order valence-corrected chi connectivity index (χ3v) is 11.5. The lowest BCUT2D eigenvalue weighted by atomic mass is 9.70. The van der Waals surface area contributed by atoms with Crippen molar-refractivity contribution in [2.75, 3.05) is 14.2 Å². The second-order valence-electron chi connectivity index (χ2n) is 9.48. The quantitative estimate of drug-likeness (QED) is 0.364. The van der Waals surface area contributed by atoms with Crippen molar-refractivity contribution in [3.05, 3.63) is 12.2 Å². The smallest absolute Gasteiger partial charge is 0.192 e. The molecule has 2 aliphatic carbocycles. The molecule has 2 saturated carbocycles. The topological polar surface area (TPSA) is 27.7 Å². The van der Waals surface area contributed by atoms with Gasteiger partial charge in [-0.25, -0.2) is 0 Å². The van der Waals surface area contributed by atoms with Crippen molar-refractivity contribution < 1.29 is 13.9 Å². The highest BCUT2D eigenvalue weighted by molar-refractivity contribution is 6.74. The molecule has 0 saturated heterocycles. The normalized spacial score (nSPS) is 34.0. The monoisotopic (exact) mass is 354 g/mol. The Kier molecular flexibility index (Phi) is 5.76. The van der Waals surface area contributed by atoms with Gasteiger partial charge in [-0.3, -0.25) is 0 Å². The fourth-order valence-corrected chi connectivity index (χ4v) is 6.42. The number of ether oxygens (including phenoxy) is 2. The predicted octanol–water partition coefficient (Wildman–Crippen LogP) is 5.38. The van der Waals surface area contributed by atoms with Crippen molar-refractivity contribution in [2.24, 2.45) is 17.3 Å². The highest BCUT2D eigenvalue weighted by atomic mass is 28.4. The second-order valence-corrected chi connectivity index (χ2v) is 14.2. The van der Waals surface area contributed by atoms with Gasteiger partial charge in [-0.2, -0.15) is 0 Å². The predicted molar refractivity (Wildman–Crippen MR) is 103 cm³/mol. The van der Waals surface area contributed by atoms with E-state index in [9.17, 15) is 0 Å². The van der Waals surface area contributed by atoms with E-state index >= 15 is 0 Å². The van der Waals surface area contributed by atoms with Gasteiger partial charge in [0.1, 0.15) is 0 Å². The number of hydrogen-bond donors (Lipinski definition) is 0. The zero-order valence-electron chi connectivity index (χ0n) is 17.1. The maximum Gasteiger partial charge on any atom is 0.192 e. The highest BCUT2D eigenvalue weighted by Crippen LogP contribution is 2.63. The second kappa shape index (κ2) is 6.86. The molecule has 0 aromatic rings. The molecular weight excluding hydrogens is 316 g/mol. The van der Waals surface area contributed by atoms with Crippen LogP contribution in [-0.4, -0.2) is 34.9 Å². The van der Waals surface area contributed by atoms with Crippen LogP contribution in [0.4, 0.5) is 0 Å². The Morgan fingerprint density at radius 2 is 1.79 bits per heavy atom. The minimum atomic E-state index is -1.82. The molecule has 2 rings (SSSR count). The van der Waals surface area contributed by atoms with E-state index in [-0.39, 0.29) is 22.8 Å². The lowest BCUT2D eigenvalue weighted by Gasteiger charge is -2.45. The van der Waals surface area contributed by atoms with Gasteiger partial charge >= 0.3 is 0 Å².